The summed E-state index contributed by atoms with van der Waals surface area (Å²) in [5, 5.41) is 0. The summed E-state index contributed by atoms with van der Waals surface area (Å²) in [5.74, 6) is -8.80. The molecule has 13 rings (SSSR count). The fourth-order valence-corrected chi connectivity index (χ4v) is 15.1. The van der Waals surface area contributed by atoms with E-state index in [-0.39, 0.29) is 49.4 Å². The molecule has 16 atom stereocenters. The summed E-state index contributed by atoms with van der Waals surface area (Å²) < 4.78 is 118. The highest BCUT2D eigenvalue weighted by Crippen LogP contribution is 2.43. The Morgan fingerprint density at radius 2 is 0.444 bits per heavy atom. The Morgan fingerprint density at radius 1 is 0.258 bits per heavy atom. The molecule has 36 nitrogen and oxygen atoms in total. The Hall–Kier alpha value is -13.8. The first kappa shape index (κ1) is 88.0. The summed E-state index contributed by atoms with van der Waals surface area (Å²) in [6.45, 7) is 12.3. The van der Waals surface area contributed by atoms with Gasteiger partial charge in [-0.25, -0.2) is 9.97 Å². The van der Waals surface area contributed by atoms with Crippen molar-refractivity contribution in [2.75, 3.05) is 26.4 Å². The van der Waals surface area contributed by atoms with Crippen LogP contribution in [0.4, 0.5) is 0 Å². The van der Waals surface area contributed by atoms with E-state index in [4.69, 9.17) is 105 Å². The first-order valence-electron chi connectivity index (χ1n) is 39.0. The number of ether oxygens (including phenoxy) is 20. The van der Waals surface area contributed by atoms with Gasteiger partial charge in [-0.1, -0.05) is 48.5 Å². The smallest absolute Gasteiger partial charge is 0.303 e. The second-order valence-electron chi connectivity index (χ2n) is 29.1. The maximum Gasteiger partial charge on any atom is 0.303 e. The number of nitrogens with one attached hydrogen (secondary N) is 2. The van der Waals surface area contributed by atoms with E-state index in [9.17, 15) is 57.5 Å². The van der Waals surface area contributed by atoms with Crippen molar-refractivity contribution in [3.8, 4) is 67.5 Å². The summed E-state index contributed by atoms with van der Waals surface area (Å²) in [5.41, 5.74) is 6.54. The minimum atomic E-state index is -1.49. The van der Waals surface area contributed by atoms with Crippen molar-refractivity contribution in [3.05, 3.63) is 144 Å². The molecular formula is C88H86N4O32. The molecule has 3 aromatic heterocycles. The first-order chi connectivity index (χ1) is 59.3. The highest BCUT2D eigenvalue weighted by atomic mass is 16.8. The molecule has 8 bridgehead atoms. The lowest BCUT2D eigenvalue weighted by atomic mass is 10.0. The molecule has 4 saturated heterocycles. The lowest BCUT2D eigenvalue weighted by Crippen LogP contribution is -2.59. The minimum Gasteiger partial charge on any atom is -0.461 e. The van der Waals surface area contributed by atoms with E-state index in [0.29, 0.717) is 89.4 Å². The molecule has 2 N–H and O–H groups in total. The molecule has 4 fully saturated rings. The summed E-state index contributed by atoms with van der Waals surface area (Å²) in [6.07, 6.45) is -15.2. The van der Waals surface area contributed by atoms with Crippen molar-refractivity contribution in [3.63, 3.8) is 0 Å². The van der Waals surface area contributed by atoms with Crippen LogP contribution in [0.5, 0.6) is 23.0 Å². The van der Waals surface area contributed by atoms with Crippen LogP contribution in [0.15, 0.2) is 121 Å². The van der Waals surface area contributed by atoms with Gasteiger partial charge in [-0.3, -0.25) is 57.5 Å². The summed E-state index contributed by atoms with van der Waals surface area (Å²) in [7, 11) is 0. The molecule has 0 saturated carbocycles. The van der Waals surface area contributed by atoms with Gasteiger partial charge in [0.1, 0.15) is 23.0 Å². The van der Waals surface area contributed by atoms with Gasteiger partial charge in [0.05, 0.1) is 49.2 Å². The molecule has 9 heterocycles. The first-order valence-corrected chi connectivity index (χ1v) is 39.0. The molecule has 6 aliphatic heterocycles. The Kier molecular flexibility index (Phi) is 27.3. The number of hydrogen-bond acceptors (Lipinski definition) is 34. The third kappa shape index (κ3) is 21.2. The summed E-state index contributed by atoms with van der Waals surface area (Å²) in [4.78, 5) is 170. The molecule has 0 aliphatic carbocycles. The second kappa shape index (κ2) is 38.5. The average molecular weight is 1710 g/mol. The molecule has 0 unspecified atom stereocenters. The highest BCUT2D eigenvalue weighted by molar-refractivity contribution is 6.00. The topological polar surface area (TPSA) is 447 Å². The molecule has 650 valence electrons. The van der Waals surface area contributed by atoms with Crippen LogP contribution in [0, 0.1) is 0 Å². The monoisotopic (exact) mass is 1710 g/mol. The highest BCUT2D eigenvalue weighted by Gasteiger charge is 2.53. The second-order valence-corrected chi connectivity index (χ2v) is 29.1. The number of aromatic amines is 2. The van der Waals surface area contributed by atoms with Crippen molar-refractivity contribution in [2.24, 2.45) is 0 Å². The predicted octanol–water partition coefficient (Wildman–Crippen LogP) is 9.44. The molecule has 0 amide bonds. The Morgan fingerprint density at radius 3 is 0.629 bits per heavy atom. The van der Waals surface area contributed by atoms with Crippen molar-refractivity contribution in [1.82, 2.24) is 19.9 Å². The lowest BCUT2D eigenvalue weighted by molar-refractivity contribution is -0.259. The maximum absolute atomic E-state index is 12.9. The molecule has 7 aromatic rings. The Bertz CT molecular complexity index is 4910. The number of benzene rings is 4. The zero-order chi connectivity index (χ0) is 88.5. The van der Waals surface area contributed by atoms with Gasteiger partial charge in [-0.2, -0.15) is 0 Å². The fourth-order valence-electron chi connectivity index (χ4n) is 15.1. The minimum absolute atomic E-state index is 0.129. The van der Waals surface area contributed by atoms with Crippen LogP contribution < -0.4 is 18.9 Å². The molecule has 124 heavy (non-hydrogen) atoms. The van der Waals surface area contributed by atoms with E-state index >= 15 is 0 Å². The largest absolute Gasteiger partial charge is 0.461 e. The van der Waals surface area contributed by atoms with E-state index in [2.05, 4.69) is 9.97 Å². The van der Waals surface area contributed by atoms with Gasteiger partial charge < -0.3 is 105 Å². The number of aromatic nitrogens is 4. The molecule has 0 radical (unpaired) electrons. The van der Waals surface area contributed by atoms with Crippen LogP contribution >= 0.6 is 0 Å². The maximum atomic E-state index is 12.9. The number of rotatable bonds is 24. The van der Waals surface area contributed by atoms with Crippen LogP contribution in [-0.2, 0) is 133 Å². The fraction of sp³-hybridized carbons (Fsp3) is 0.364. The molecule has 4 aromatic carbocycles. The molecule has 36 heteroatoms. The van der Waals surface area contributed by atoms with Gasteiger partial charge in [-0.15, -0.1) is 0 Å². The van der Waals surface area contributed by atoms with Crippen LogP contribution in [0.25, 0.3) is 90.9 Å². The standard InChI is InChI=1S/C88H86N4O32/c1-41(93)109-69-37-105-85(81(117-49(9)101)77(69)113-45(5)97)121-57-21-13-17-53(33-57)73-61-25-27-63(89-61)74(54-18-14-22-58(34-54)122-86-82(118-50(10)102)78(114-46(6)98)70(38-106-86)110-42(2)94)65-29-31-67(91-65)76(56-20-16-24-60(36-56)124-88-84(120-52(12)104)80(116-48(8)100)72(40-108-88)112-44(4)96)68-32-30-66(92-68)75(64-28-26-62(73)90-64)55-19-15-23-59(35-55)123-87-83(119-51(11)103)79(115-47(7)99)71(39-107-87)111-43(3)95/h13-36,69-72,77-89,92H,37-40H2,1-12H3/t69-,70-,71-,72-,77+,78+,79+,80+,81-,82-,83-,84-,85+,86+,87+,88+/m1/s1. The molecule has 0 spiro atoms. The van der Waals surface area contributed by atoms with Crippen LogP contribution in [0.1, 0.15) is 106 Å². The third-order valence-corrected chi connectivity index (χ3v) is 19.5. The zero-order valence-electron chi connectivity index (χ0n) is 68.9. The number of fused-ring (bicyclic) bond motifs is 8. The van der Waals surface area contributed by atoms with E-state index in [1.165, 1.54) is 0 Å². The molecule has 6 aliphatic rings. The number of carbonyl (C=O) groups is 12. The Labute approximate surface area is 706 Å². The van der Waals surface area contributed by atoms with Gasteiger partial charge in [0.25, 0.3) is 0 Å². The number of H-pyrrole nitrogens is 2. The van der Waals surface area contributed by atoms with Gasteiger partial charge in [-0.05, 0) is 119 Å². The average Bonchev–Trinajstić information content (AvgIpc) is 1.59. The van der Waals surface area contributed by atoms with Crippen LogP contribution in [-0.4, -0.2) is 216 Å². The normalized spacial score (nSPS) is 23.7. The van der Waals surface area contributed by atoms with Crippen LogP contribution in [0.2, 0.25) is 0 Å². The van der Waals surface area contributed by atoms with Gasteiger partial charge in [0.2, 0.25) is 49.6 Å². The van der Waals surface area contributed by atoms with E-state index < -0.39 is 170 Å². The van der Waals surface area contributed by atoms with Crippen molar-refractivity contribution >= 4 is 118 Å². The Balaban J connectivity index is 1.04. The van der Waals surface area contributed by atoms with E-state index in [0.717, 1.165) is 83.1 Å². The lowest BCUT2D eigenvalue weighted by Gasteiger charge is -2.40. The summed E-state index contributed by atoms with van der Waals surface area (Å²) >= 11 is 0. The van der Waals surface area contributed by atoms with E-state index in [1.54, 1.807) is 146 Å². The van der Waals surface area contributed by atoms with E-state index in [1.807, 2.05) is 0 Å². The zero-order valence-corrected chi connectivity index (χ0v) is 68.9. The van der Waals surface area contributed by atoms with Gasteiger partial charge in [0, 0.05) is 127 Å². The third-order valence-electron chi connectivity index (χ3n) is 19.5. The predicted molar refractivity (Wildman–Crippen MR) is 429 cm³/mol. The quantitative estimate of drug-likeness (QED) is 0.0420. The van der Waals surface area contributed by atoms with Crippen molar-refractivity contribution in [2.45, 2.75) is 181 Å². The van der Waals surface area contributed by atoms with Crippen molar-refractivity contribution < 1.29 is 152 Å². The number of hydrogen-bond donors (Lipinski definition) is 2. The van der Waals surface area contributed by atoms with Gasteiger partial charge in [0.15, 0.2) is 48.8 Å². The SMILES string of the molecule is CC(=O)O[C@@H]1[C@@H](OC(C)=O)[C@H](Oc2cccc(-c3c4nc(c(-c5cccc(O[C@@H]6OC[C@@H](OC(C)=O)[C@H](OC(C)=O)[C@H]6OC(C)=O)c5)c5ccc([nH]5)c(-c5cccc(O[C@@H]6OC[C@@H](OC(C)=O)[C@H](OC(C)=O)[C@H]6OC(C)=O)c5)c5nc(c(-c6cccc(O[C@@H]7OC[C@@H](OC(C)=O)[C@H](OC(C)=O)[C@H]7OC(C)=O)c6)c6ccc3[nH]6)C=C5)C=C4)c2)OC[C@H]1OC(C)=O. The number of esters is 12. The van der Waals surface area contributed by atoms with Crippen molar-refractivity contribution in [1.29, 1.82) is 0 Å². The number of carbonyl (C=O) groups excluding carboxylic acids is 12. The van der Waals surface area contributed by atoms with Crippen LogP contribution in [0.3, 0.4) is 0 Å². The number of nitrogens with zero attached hydrogens (tertiary/aromatic N) is 2. The summed E-state index contributed by atoms with van der Waals surface area (Å²) in [6, 6.07) is 34.2. The molecular weight excluding hydrogens is 1620 g/mol. The van der Waals surface area contributed by atoms with Gasteiger partial charge >= 0.3 is 71.6 Å².